The van der Waals surface area contributed by atoms with Gasteiger partial charge in [-0.3, -0.25) is 4.40 Å². The van der Waals surface area contributed by atoms with E-state index in [1.54, 1.807) is 18.2 Å². The van der Waals surface area contributed by atoms with Crippen molar-refractivity contribution in [3.05, 3.63) is 48.2 Å². The number of benzene rings is 1. The number of hydrogen-bond donors (Lipinski definition) is 1. The van der Waals surface area contributed by atoms with E-state index in [1.807, 2.05) is 0 Å². The van der Waals surface area contributed by atoms with Gasteiger partial charge in [-0.05, 0) is 12.1 Å². The van der Waals surface area contributed by atoms with Gasteiger partial charge in [-0.2, -0.15) is 0 Å². The van der Waals surface area contributed by atoms with Crippen molar-refractivity contribution in [1.82, 2.24) is 9.38 Å². The molecule has 84 valence electrons. The first-order chi connectivity index (χ1) is 8.18. The molecule has 2 heterocycles. The molecule has 17 heavy (non-hydrogen) atoms. The molecule has 1 aromatic carbocycles. The van der Waals surface area contributed by atoms with E-state index in [-0.39, 0.29) is 11.5 Å². The topological polar surface area (TPSA) is 54.6 Å². The summed E-state index contributed by atoms with van der Waals surface area (Å²) in [6, 6.07) is 6.20. The number of carbonyl (C=O) groups is 1. The molecule has 0 aliphatic carbocycles. The van der Waals surface area contributed by atoms with E-state index in [0.717, 1.165) is 0 Å². The van der Waals surface area contributed by atoms with E-state index in [9.17, 15) is 9.18 Å². The first-order valence-electron chi connectivity index (χ1n) is 4.96. The molecule has 3 rings (SSSR count). The number of fused-ring (bicyclic) bond motifs is 3. The van der Waals surface area contributed by atoms with Crippen LogP contribution in [0.4, 0.5) is 4.39 Å². The summed E-state index contributed by atoms with van der Waals surface area (Å²) < 4.78 is 15.0. The monoisotopic (exact) mass is 230 g/mol. The molecular weight excluding hydrogens is 223 g/mol. The van der Waals surface area contributed by atoms with Crippen molar-refractivity contribution in [2.75, 3.05) is 0 Å². The molecule has 0 saturated heterocycles. The van der Waals surface area contributed by atoms with Gasteiger partial charge in [0.15, 0.2) is 5.69 Å². The second-order valence-electron chi connectivity index (χ2n) is 3.66. The number of halogens is 1. The van der Waals surface area contributed by atoms with Crippen LogP contribution in [-0.4, -0.2) is 20.5 Å². The Hall–Kier alpha value is -2.43. The van der Waals surface area contributed by atoms with E-state index in [2.05, 4.69) is 4.98 Å². The van der Waals surface area contributed by atoms with Gasteiger partial charge in [0.1, 0.15) is 11.5 Å². The van der Waals surface area contributed by atoms with Crippen molar-refractivity contribution < 1.29 is 14.3 Å². The Bertz CT molecular complexity index is 749. The number of aromatic carboxylic acids is 1. The molecule has 4 nitrogen and oxygen atoms in total. The van der Waals surface area contributed by atoms with Crippen molar-refractivity contribution in [3.8, 4) is 0 Å². The number of imidazole rings is 1. The largest absolute Gasteiger partial charge is 0.477 e. The molecule has 0 aliphatic heterocycles. The van der Waals surface area contributed by atoms with Gasteiger partial charge in [0, 0.05) is 17.0 Å². The van der Waals surface area contributed by atoms with Gasteiger partial charge in [0.25, 0.3) is 0 Å². The number of carboxylic acid groups (broad SMARTS) is 1. The fourth-order valence-corrected chi connectivity index (χ4v) is 1.92. The predicted octanol–water partition coefficient (Wildman–Crippen LogP) is 2.32. The molecule has 1 N–H and O–H groups in total. The fourth-order valence-electron chi connectivity index (χ4n) is 1.92. The quantitative estimate of drug-likeness (QED) is 0.698. The third kappa shape index (κ3) is 1.29. The molecule has 0 amide bonds. The van der Waals surface area contributed by atoms with Crippen LogP contribution in [0.3, 0.4) is 0 Å². The van der Waals surface area contributed by atoms with Crippen LogP contribution < -0.4 is 0 Å². The normalized spacial score (nSPS) is 11.1. The average Bonchev–Trinajstić information content (AvgIpc) is 2.73. The van der Waals surface area contributed by atoms with Crippen LogP contribution in [0.5, 0.6) is 0 Å². The lowest BCUT2D eigenvalue weighted by atomic mass is 10.1. The molecule has 0 radical (unpaired) electrons. The van der Waals surface area contributed by atoms with Gasteiger partial charge in [0.05, 0.1) is 6.20 Å². The predicted molar refractivity (Wildman–Crippen MR) is 59.6 cm³/mol. The summed E-state index contributed by atoms with van der Waals surface area (Å²) in [5, 5.41) is 9.99. The first kappa shape index (κ1) is 9.77. The SMILES string of the molecule is O=C(O)c1cnc2c3cccc(F)c3ccn12. The summed E-state index contributed by atoms with van der Waals surface area (Å²) in [5.74, 6) is -1.40. The van der Waals surface area contributed by atoms with Gasteiger partial charge in [-0.25, -0.2) is 14.2 Å². The summed E-state index contributed by atoms with van der Waals surface area (Å²) in [7, 11) is 0. The van der Waals surface area contributed by atoms with Crippen LogP contribution in [0, 0.1) is 5.82 Å². The Kier molecular flexibility index (Phi) is 1.89. The molecular formula is C12H7FN2O2. The van der Waals surface area contributed by atoms with Crippen LogP contribution in [0.1, 0.15) is 10.5 Å². The van der Waals surface area contributed by atoms with E-state index >= 15 is 0 Å². The van der Waals surface area contributed by atoms with Crippen molar-refractivity contribution in [1.29, 1.82) is 0 Å². The maximum Gasteiger partial charge on any atom is 0.354 e. The Balaban J connectivity index is 2.50. The second-order valence-corrected chi connectivity index (χ2v) is 3.66. The molecule has 0 bridgehead atoms. The van der Waals surface area contributed by atoms with Gasteiger partial charge in [-0.15, -0.1) is 0 Å². The highest BCUT2D eigenvalue weighted by Crippen LogP contribution is 2.22. The molecule has 0 aliphatic rings. The van der Waals surface area contributed by atoms with E-state index in [1.165, 1.54) is 22.9 Å². The Labute approximate surface area is 94.9 Å². The summed E-state index contributed by atoms with van der Waals surface area (Å²) in [5.41, 5.74) is 0.505. The zero-order chi connectivity index (χ0) is 12.0. The zero-order valence-corrected chi connectivity index (χ0v) is 8.59. The number of nitrogens with zero attached hydrogens (tertiary/aromatic N) is 2. The minimum absolute atomic E-state index is 0.0613. The smallest absolute Gasteiger partial charge is 0.354 e. The maximum absolute atomic E-state index is 13.5. The van der Waals surface area contributed by atoms with Crippen LogP contribution in [-0.2, 0) is 0 Å². The maximum atomic E-state index is 13.5. The minimum Gasteiger partial charge on any atom is -0.477 e. The highest BCUT2D eigenvalue weighted by Gasteiger charge is 2.12. The lowest BCUT2D eigenvalue weighted by Gasteiger charge is -2.02. The molecule has 3 aromatic rings. The van der Waals surface area contributed by atoms with Gasteiger partial charge in [0.2, 0.25) is 0 Å². The average molecular weight is 230 g/mol. The summed E-state index contributed by atoms with van der Waals surface area (Å²) in [6.07, 6.45) is 2.78. The molecule has 0 spiro atoms. The zero-order valence-electron chi connectivity index (χ0n) is 8.59. The fraction of sp³-hybridized carbons (Fsp3) is 0. The number of aromatic nitrogens is 2. The standard InChI is InChI=1S/C12H7FN2O2/c13-9-3-1-2-8-7(9)4-5-15-10(12(16)17)6-14-11(8)15/h1-6H,(H,16,17). The highest BCUT2D eigenvalue weighted by atomic mass is 19.1. The number of carboxylic acids is 1. The molecule has 2 aromatic heterocycles. The van der Waals surface area contributed by atoms with Gasteiger partial charge in [-0.1, -0.05) is 12.1 Å². The number of hydrogen-bond acceptors (Lipinski definition) is 2. The molecule has 0 atom stereocenters. The molecule has 0 fully saturated rings. The van der Waals surface area contributed by atoms with Crippen LogP contribution in [0.25, 0.3) is 16.4 Å². The second kappa shape index (κ2) is 3.28. The first-order valence-corrected chi connectivity index (χ1v) is 4.96. The third-order valence-electron chi connectivity index (χ3n) is 2.70. The molecule has 0 saturated carbocycles. The summed E-state index contributed by atoms with van der Waals surface area (Å²) in [6.45, 7) is 0. The summed E-state index contributed by atoms with van der Waals surface area (Å²) >= 11 is 0. The van der Waals surface area contributed by atoms with Gasteiger partial charge >= 0.3 is 5.97 Å². The minimum atomic E-state index is -1.06. The van der Waals surface area contributed by atoms with Crippen LogP contribution >= 0.6 is 0 Å². The number of pyridine rings is 1. The van der Waals surface area contributed by atoms with E-state index in [4.69, 9.17) is 5.11 Å². The van der Waals surface area contributed by atoms with E-state index < -0.39 is 5.97 Å². The van der Waals surface area contributed by atoms with E-state index in [0.29, 0.717) is 16.4 Å². The Morgan fingerprint density at radius 2 is 2.12 bits per heavy atom. The van der Waals surface area contributed by atoms with Crippen molar-refractivity contribution in [2.45, 2.75) is 0 Å². The Morgan fingerprint density at radius 3 is 2.88 bits per heavy atom. The van der Waals surface area contributed by atoms with Crippen LogP contribution in [0.15, 0.2) is 36.7 Å². The van der Waals surface area contributed by atoms with Crippen LogP contribution in [0.2, 0.25) is 0 Å². The summed E-state index contributed by atoms with van der Waals surface area (Å²) in [4.78, 5) is 15.0. The lowest BCUT2D eigenvalue weighted by Crippen LogP contribution is -2.01. The third-order valence-corrected chi connectivity index (χ3v) is 2.70. The highest BCUT2D eigenvalue weighted by molar-refractivity contribution is 5.96. The van der Waals surface area contributed by atoms with Crippen molar-refractivity contribution in [3.63, 3.8) is 0 Å². The lowest BCUT2D eigenvalue weighted by molar-refractivity contribution is 0.0689. The molecule has 0 unspecified atom stereocenters. The van der Waals surface area contributed by atoms with Crippen molar-refractivity contribution >= 4 is 22.4 Å². The van der Waals surface area contributed by atoms with Gasteiger partial charge < -0.3 is 5.11 Å². The Morgan fingerprint density at radius 1 is 1.29 bits per heavy atom. The number of rotatable bonds is 1. The molecule has 5 heteroatoms. The van der Waals surface area contributed by atoms with Crippen molar-refractivity contribution in [2.24, 2.45) is 0 Å².